The van der Waals surface area contributed by atoms with Crippen molar-refractivity contribution in [2.45, 2.75) is 11.8 Å². The number of hydrogen-bond acceptors (Lipinski definition) is 4. The van der Waals surface area contributed by atoms with Gasteiger partial charge in [0.1, 0.15) is 0 Å². The Kier molecular flexibility index (Phi) is 5.94. The Morgan fingerprint density at radius 1 is 1.32 bits per heavy atom. The van der Waals surface area contributed by atoms with Crippen LogP contribution in [0.25, 0.3) is 0 Å². The summed E-state index contributed by atoms with van der Waals surface area (Å²) in [5.74, 6) is -0.365. The first-order valence-corrected chi connectivity index (χ1v) is 7.43. The summed E-state index contributed by atoms with van der Waals surface area (Å²) >= 11 is 0. The van der Waals surface area contributed by atoms with Crippen LogP contribution in [-0.2, 0) is 14.8 Å². The highest BCUT2D eigenvalue weighted by molar-refractivity contribution is 7.89. The quantitative estimate of drug-likeness (QED) is 0.727. The summed E-state index contributed by atoms with van der Waals surface area (Å²) in [5, 5.41) is 8.79. The number of amides is 1. The summed E-state index contributed by atoms with van der Waals surface area (Å²) in [5.41, 5.74) is 0. The lowest BCUT2D eigenvalue weighted by molar-refractivity contribution is -0.130. The van der Waals surface area contributed by atoms with Crippen LogP contribution in [0.4, 0.5) is 0 Å². The fourth-order valence-electron chi connectivity index (χ4n) is 1.53. The van der Waals surface area contributed by atoms with Crippen molar-refractivity contribution in [3.8, 4) is 0 Å². The Bertz CT molecular complexity index is 502. The molecule has 106 valence electrons. The lowest BCUT2D eigenvalue weighted by Gasteiger charge is -2.19. The van der Waals surface area contributed by atoms with Crippen molar-refractivity contribution in [3.05, 3.63) is 30.3 Å². The van der Waals surface area contributed by atoms with E-state index in [1.807, 2.05) is 0 Å². The molecule has 1 amide bonds. The summed E-state index contributed by atoms with van der Waals surface area (Å²) in [6.07, 6.45) is 0. The summed E-state index contributed by atoms with van der Waals surface area (Å²) < 4.78 is 26.0. The van der Waals surface area contributed by atoms with Crippen molar-refractivity contribution >= 4 is 15.9 Å². The molecule has 0 saturated carbocycles. The lowest BCUT2D eigenvalue weighted by Crippen LogP contribution is -2.41. The van der Waals surface area contributed by atoms with Gasteiger partial charge in [0.25, 0.3) is 0 Å². The number of benzene rings is 1. The Hall–Kier alpha value is -1.44. The van der Waals surface area contributed by atoms with Gasteiger partial charge in [-0.1, -0.05) is 18.2 Å². The van der Waals surface area contributed by atoms with Crippen molar-refractivity contribution in [1.82, 2.24) is 9.62 Å². The molecule has 0 aromatic heterocycles. The number of sulfonamides is 1. The summed E-state index contributed by atoms with van der Waals surface area (Å²) in [7, 11) is -3.67. The predicted octanol–water partition coefficient (Wildman–Crippen LogP) is -0.194. The molecular formula is C12H18N2O4S. The van der Waals surface area contributed by atoms with Gasteiger partial charge in [-0.2, -0.15) is 0 Å². The Morgan fingerprint density at radius 2 is 1.95 bits per heavy atom. The average Bonchev–Trinajstić information content (AvgIpc) is 2.43. The third-order valence-corrected chi connectivity index (χ3v) is 3.99. The van der Waals surface area contributed by atoms with E-state index in [1.54, 1.807) is 25.1 Å². The second-order valence-electron chi connectivity index (χ2n) is 3.83. The van der Waals surface area contributed by atoms with Crippen LogP contribution in [-0.4, -0.2) is 50.6 Å². The largest absolute Gasteiger partial charge is 0.395 e. The minimum atomic E-state index is -3.67. The fourth-order valence-corrected chi connectivity index (χ4v) is 2.53. The molecule has 0 aliphatic carbocycles. The molecule has 0 aliphatic rings. The molecule has 0 fully saturated rings. The molecule has 19 heavy (non-hydrogen) atoms. The molecule has 0 radical (unpaired) electrons. The van der Waals surface area contributed by atoms with Gasteiger partial charge in [-0.25, -0.2) is 13.1 Å². The van der Waals surface area contributed by atoms with Crippen LogP contribution >= 0.6 is 0 Å². The van der Waals surface area contributed by atoms with Crippen LogP contribution in [0.15, 0.2) is 35.2 Å². The molecule has 0 aliphatic heterocycles. The monoisotopic (exact) mass is 286 g/mol. The highest BCUT2D eigenvalue weighted by Gasteiger charge is 2.17. The molecule has 1 rings (SSSR count). The minimum absolute atomic E-state index is 0.119. The van der Waals surface area contributed by atoms with Crippen molar-refractivity contribution in [2.24, 2.45) is 0 Å². The number of rotatable bonds is 7. The van der Waals surface area contributed by atoms with Gasteiger partial charge in [-0.3, -0.25) is 4.79 Å². The Balaban J connectivity index is 2.64. The standard InChI is InChI=1S/C12H18N2O4S/c1-2-14(8-9-15)12(16)10-13-19(17,18)11-6-4-3-5-7-11/h3-7,13,15H,2,8-10H2,1H3. The summed E-state index contributed by atoms with van der Waals surface area (Å²) in [6, 6.07) is 7.85. The van der Waals surface area contributed by atoms with E-state index in [0.717, 1.165) is 0 Å². The van der Waals surface area contributed by atoms with E-state index in [4.69, 9.17) is 5.11 Å². The number of aliphatic hydroxyl groups excluding tert-OH is 1. The van der Waals surface area contributed by atoms with E-state index in [0.29, 0.717) is 6.54 Å². The van der Waals surface area contributed by atoms with E-state index in [1.165, 1.54) is 17.0 Å². The molecule has 0 bridgehead atoms. The van der Waals surface area contributed by atoms with Gasteiger partial charge in [-0.15, -0.1) is 0 Å². The molecule has 1 aromatic rings. The average molecular weight is 286 g/mol. The van der Waals surface area contributed by atoms with Crippen molar-refractivity contribution < 1.29 is 18.3 Å². The predicted molar refractivity (Wildman–Crippen MR) is 71.0 cm³/mol. The third-order valence-electron chi connectivity index (χ3n) is 2.57. The molecule has 0 spiro atoms. The number of aliphatic hydroxyl groups is 1. The SMILES string of the molecule is CCN(CCO)C(=O)CNS(=O)(=O)c1ccccc1. The minimum Gasteiger partial charge on any atom is -0.395 e. The first kappa shape index (κ1) is 15.6. The Morgan fingerprint density at radius 3 is 2.47 bits per heavy atom. The topological polar surface area (TPSA) is 86.7 Å². The second kappa shape index (κ2) is 7.22. The first-order chi connectivity index (χ1) is 9.01. The van der Waals surface area contributed by atoms with E-state index in [9.17, 15) is 13.2 Å². The molecule has 1 aromatic carbocycles. The van der Waals surface area contributed by atoms with Crippen LogP contribution in [0.1, 0.15) is 6.92 Å². The number of likely N-dealkylation sites (N-methyl/N-ethyl adjacent to an activating group) is 1. The first-order valence-electron chi connectivity index (χ1n) is 5.94. The third kappa shape index (κ3) is 4.62. The van der Waals surface area contributed by atoms with Gasteiger partial charge in [-0.05, 0) is 19.1 Å². The highest BCUT2D eigenvalue weighted by Crippen LogP contribution is 2.06. The normalized spacial score (nSPS) is 11.3. The van der Waals surface area contributed by atoms with Crippen LogP contribution in [0, 0.1) is 0 Å². The molecule has 0 saturated heterocycles. The van der Waals surface area contributed by atoms with Crippen LogP contribution < -0.4 is 4.72 Å². The summed E-state index contributed by atoms with van der Waals surface area (Å²) in [4.78, 5) is 13.2. The maximum Gasteiger partial charge on any atom is 0.241 e. The number of nitrogens with zero attached hydrogens (tertiary/aromatic N) is 1. The van der Waals surface area contributed by atoms with Crippen molar-refractivity contribution in [1.29, 1.82) is 0 Å². The van der Waals surface area contributed by atoms with Crippen molar-refractivity contribution in [3.63, 3.8) is 0 Å². The van der Waals surface area contributed by atoms with Gasteiger partial charge in [0, 0.05) is 13.1 Å². The van der Waals surface area contributed by atoms with Gasteiger partial charge in [0.15, 0.2) is 0 Å². The molecule has 2 N–H and O–H groups in total. The van der Waals surface area contributed by atoms with Crippen LogP contribution in [0.3, 0.4) is 0 Å². The Labute approximate surface area is 113 Å². The zero-order valence-electron chi connectivity index (χ0n) is 10.7. The van der Waals surface area contributed by atoms with Gasteiger partial charge in [0.2, 0.25) is 15.9 Å². The molecule has 0 unspecified atom stereocenters. The van der Waals surface area contributed by atoms with Crippen molar-refractivity contribution in [2.75, 3.05) is 26.2 Å². The van der Waals surface area contributed by atoms with Crippen LogP contribution in [0.2, 0.25) is 0 Å². The number of carbonyl (C=O) groups is 1. The molecule has 6 nitrogen and oxygen atoms in total. The molecule has 7 heteroatoms. The maximum absolute atomic E-state index is 11.9. The van der Waals surface area contributed by atoms with E-state index >= 15 is 0 Å². The van der Waals surface area contributed by atoms with E-state index in [2.05, 4.69) is 4.72 Å². The van der Waals surface area contributed by atoms with E-state index in [-0.39, 0.29) is 30.5 Å². The maximum atomic E-state index is 11.9. The number of hydrogen-bond donors (Lipinski definition) is 2. The smallest absolute Gasteiger partial charge is 0.241 e. The second-order valence-corrected chi connectivity index (χ2v) is 5.60. The van der Waals surface area contributed by atoms with Gasteiger partial charge >= 0.3 is 0 Å². The molecular weight excluding hydrogens is 268 g/mol. The molecule has 0 heterocycles. The zero-order valence-corrected chi connectivity index (χ0v) is 11.6. The summed E-state index contributed by atoms with van der Waals surface area (Å²) in [6.45, 7) is 1.92. The number of nitrogens with one attached hydrogen (secondary N) is 1. The highest BCUT2D eigenvalue weighted by atomic mass is 32.2. The molecule has 0 atom stereocenters. The van der Waals surface area contributed by atoms with E-state index < -0.39 is 10.0 Å². The lowest BCUT2D eigenvalue weighted by atomic mass is 10.4. The van der Waals surface area contributed by atoms with Gasteiger partial charge in [0.05, 0.1) is 18.0 Å². The van der Waals surface area contributed by atoms with Crippen LogP contribution in [0.5, 0.6) is 0 Å². The van der Waals surface area contributed by atoms with Gasteiger partial charge < -0.3 is 10.0 Å². The zero-order chi connectivity index (χ0) is 14.3. The number of carbonyl (C=O) groups excluding carboxylic acids is 1. The fraction of sp³-hybridized carbons (Fsp3) is 0.417.